The summed E-state index contributed by atoms with van der Waals surface area (Å²) in [7, 11) is 0. The molecule has 0 heterocycles. The molecule has 2 N–H and O–H groups in total. The van der Waals surface area contributed by atoms with Crippen molar-refractivity contribution < 1.29 is 58.3 Å². The van der Waals surface area contributed by atoms with Crippen LogP contribution in [0.2, 0.25) is 0 Å². The molecule has 2 aromatic carbocycles. The average Bonchev–Trinajstić information content (AvgIpc) is 3.81. The van der Waals surface area contributed by atoms with E-state index in [0.29, 0.717) is 13.2 Å². The number of hydrogen-bond acceptors (Lipinski definition) is 4. The Hall–Kier alpha value is -3.83. The Labute approximate surface area is 302 Å². The molecule has 0 spiro atoms. The van der Waals surface area contributed by atoms with Crippen LogP contribution in [0.5, 0.6) is 0 Å². The SMILES string of the molecule is C=CCOCC(C)(C)C(=O)Nc1ccc(F)[c-]c1F.C=CCOCC(C)(C)C(=O)Nc1ccc(F)[c-]c1F.[C-]1=CC=CC1.[C-]1=CC=CC1.[Ti+4]. The molecule has 0 radical (unpaired) electrons. The molecular formula is C38H42F4N2O4Ti. The first-order valence-corrected chi connectivity index (χ1v) is 14.9. The van der Waals surface area contributed by atoms with Crippen molar-refractivity contribution in [2.45, 2.75) is 40.5 Å². The van der Waals surface area contributed by atoms with Gasteiger partial charge in [-0.1, -0.05) is 12.2 Å². The fourth-order valence-electron chi connectivity index (χ4n) is 3.27. The molecule has 0 saturated carbocycles. The fourth-order valence-corrected chi connectivity index (χ4v) is 3.27. The normalized spacial score (nSPS) is 12.2. The van der Waals surface area contributed by atoms with Gasteiger partial charge in [0.15, 0.2) is 0 Å². The smallest absolute Gasteiger partial charge is 0.376 e. The van der Waals surface area contributed by atoms with Crippen molar-refractivity contribution in [3.63, 3.8) is 0 Å². The third-order valence-electron chi connectivity index (χ3n) is 6.02. The standard InChI is InChI=1S/2C14H16F2NO2.2C5H5.Ti/c2*1-4-7-19-9-14(2,3)13(18)17-12-6-5-10(15)8-11(12)16;2*1-2-4-5-3-1;/h2*4-6H,1,7,9H2,2-3H3,(H,17,18);2*1-3H,4H2;/q4*-1;+4. The van der Waals surface area contributed by atoms with E-state index in [-0.39, 0.29) is 46.3 Å². The fraction of sp³-hybridized carbons (Fsp3) is 0.316. The number of amides is 2. The van der Waals surface area contributed by atoms with Crippen LogP contribution in [0.3, 0.4) is 0 Å². The number of ether oxygens (including phenoxy) is 2. The predicted octanol–water partition coefficient (Wildman–Crippen LogP) is 8.47. The number of nitrogens with one attached hydrogen (secondary N) is 2. The van der Waals surface area contributed by atoms with E-state index in [9.17, 15) is 27.2 Å². The van der Waals surface area contributed by atoms with Crippen LogP contribution in [0, 0.1) is 58.4 Å². The molecule has 49 heavy (non-hydrogen) atoms. The minimum Gasteiger partial charge on any atom is -0.376 e. The minimum absolute atomic E-state index is 0. The van der Waals surface area contributed by atoms with Crippen LogP contribution in [0.15, 0.2) is 86.0 Å². The molecule has 0 aromatic heterocycles. The van der Waals surface area contributed by atoms with Gasteiger partial charge >= 0.3 is 21.7 Å². The van der Waals surface area contributed by atoms with Gasteiger partial charge in [-0.05, 0) is 39.1 Å². The summed E-state index contributed by atoms with van der Waals surface area (Å²) >= 11 is 0. The van der Waals surface area contributed by atoms with Crippen LogP contribution in [0.1, 0.15) is 40.5 Å². The largest absolute Gasteiger partial charge is 4.00 e. The molecule has 0 aliphatic heterocycles. The van der Waals surface area contributed by atoms with Gasteiger partial charge in [-0.15, -0.1) is 62.4 Å². The van der Waals surface area contributed by atoms with Crippen molar-refractivity contribution in [3.05, 3.63) is 134 Å². The zero-order valence-corrected chi connectivity index (χ0v) is 29.8. The molecule has 4 rings (SSSR count). The first kappa shape index (κ1) is 45.2. The van der Waals surface area contributed by atoms with Gasteiger partial charge in [-0.25, -0.2) is 41.9 Å². The Morgan fingerprint density at radius 2 is 1.10 bits per heavy atom. The van der Waals surface area contributed by atoms with Gasteiger partial charge in [0.05, 0.1) is 37.3 Å². The number of carbonyl (C=O) groups is 2. The van der Waals surface area contributed by atoms with Crippen LogP contribution in [-0.4, -0.2) is 38.2 Å². The van der Waals surface area contributed by atoms with E-state index in [1.165, 1.54) is 0 Å². The second kappa shape index (κ2) is 24.3. The van der Waals surface area contributed by atoms with Crippen molar-refractivity contribution in [2.75, 3.05) is 37.1 Å². The number of allylic oxidation sites excluding steroid dienone is 8. The molecule has 2 amide bonds. The molecule has 0 fully saturated rings. The Morgan fingerprint density at radius 1 is 0.735 bits per heavy atom. The summed E-state index contributed by atoms with van der Waals surface area (Å²) in [6.45, 7) is 14.6. The summed E-state index contributed by atoms with van der Waals surface area (Å²) in [4.78, 5) is 23.9. The Kier molecular flexibility index (Phi) is 22.4. The van der Waals surface area contributed by atoms with Gasteiger partial charge in [0.1, 0.15) is 0 Å². The van der Waals surface area contributed by atoms with Crippen LogP contribution in [-0.2, 0) is 40.8 Å². The first-order chi connectivity index (χ1) is 22.7. The van der Waals surface area contributed by atoms with Gasteiger partial charge in [-0.2, -0.15) is 12.2 Å². The third-order valence-corrected chi connectivity index (χ3v) is 6.02. The zero-order valence-electron chi connectivity index (χ0n) is 28.2. The summed E-state index contributed by atoms with van der Waals surface area (Å²) in [5.74, 6) is -4.34. The minimum atomic E-state index is -0.934. The van der Waals surface area contributed by atoms with Gasteiger partial charge in [0.25, 0.3) is 0 Å². The van der Waals surface area contributed by atoms with Crippen molar-refractivity contribution in [2.24, 2.45) is 10.8 Å². The summed E-state index contributed by atoms with van der Waals surface area (Å²) in [5, 5.41) is 4.77. The molecule has 0 unspecified atom stereocenters. The summed E-state index contributed by atoms with van der Waals surface area (Å²) in [6, 6.07) is 8.07. The van der Waals surface area contributed by atoms with Crippen molar-refractivity contribution in [1.29, 1.82) is 0 Å². The number of carbonyl (C=O) groups excluding carboxylic acids is 2. The van der Waals surface area contributed by atoms with E-state index in [0.717, 1.165) is 37.1 Å². The molecule has 0 saturated heterocycles. The topological polar surface area (TPSA) is 76.7 Å². The second-order valence-corrected chi connectivity index (χ2v) is 11.4. The third kappa shape index (κ3) is 19.1. The number of hydrogen-bond donors (Lipinski definition) is 2. The Balaban J connectivity index is 0.000000717. The second-order valence-electron chi connectivity index (χ2n) is 11.4. The van der Waals surface area contributed by atoms with E-state index >= 15 is 0 Å². The molecule has 11 heteroatoms. The summed E-state index contributed by atoms with van der Waals surface area (Å²) < 4.78 is 62.5. The number of anilines is 2. The van der Waals surface area contributed by atoms with Crippen LogP contribution < -0.4 is 10.6 Å². The van der Waals surface area contributed by atoms with E-state index in [2.05, 4.69) is 48.1 Å². The molecule has 0 atom stereocenters. The van der Waals surface area contributed by atoms with Crippen molar-refractivity contribution in [3.8, 4) is 0 Å². The van der Waals surface area contributed by atoms with Crippen LogP contribution in [0.4, 0.5) is 28.9 Å². The number of halogens is 4. The van der Waals surface area contributed by atoms with Crippen LogP contribution >= 0.6 is 0 Å². The van der Waals surface area contributed by atoms with Gasteiger partial charge in [0.2, 0.25) is 11.8 Å². The quantitative estimate of drug-likeness (QED) is 0.0761. The molecule has 2 aromatic rings. The summed E-state index contributed by atoms with van der Waals surface area (Å²) in [6.07, 6.45) is 23.1. The average molecular weight is 715 g/mol. The van der Waals surface area contributed by atoms with Gasteiger partial charge in [0, 0.05) is 23.3 Å². The predicted molar refractivity (Wildman–Crippen MR) is 180 cm³/mol. The van der Waals surface area contributed by atoms with E-state index < -0.39 is 45.9 Å². The maximum Gasteiger partial charge on any atom is 4.00 e. The summed E-state index contributed by atoms with van der Waals surface area (Å²) in [5.41, 5.74) is -1.90. The van der Waals surface area contributed by atoms with Gasteiger partial charge < -0.3 is 20.1 Å². The number of rotatable bonds is 12. The molecule has 6 nitrogen and oxygen atoms in total. The van der Waals surface area contributed by atoms with Crippen molar-refractivity contribution >= 4 is 23.2 Å². The van der Waals surface area contributed by atoms with Crippen molar-refractivity contribution in [1.82, 2.24) is 0 Å². The molecule has 2 aliphatic rings. The van der Waals surface area contributed by atoms with E-state index in [4.69, 9.17) is 9.47 Å². The monoisotopic (exact) mass is 714 g/mol. The number of benzene rings is 2. The first-order valence-electron chi connectivity index (χ1n) is 14.9. The van der Waals surface area contributed by atoms with E-state index in [1.807, 2.05) is 36.4 Å². The molecule has 260 valence electrons. The molecule has 0 bridgehead atoms. The Morgan fingerprint density at radius 3 is 1.35 bits per heavy atom. The van der Waals surface area contributed by atoms with E-state index in [1.54, 1.807) is 39.8 Å². The maximum absolute atomic E-state index is 13.4. The molecule has 2 aliphatic carbocycles. The zero-order chi connectivity index (χ0) is 36.0. The molecular weight excluding hydrogens is 672 g/mol. The van der Waals surface area contributed by atoms with Crippen LogP contribution in [0.25, 0.3) is 0 Å². The Bertz CT molecular complexity index is 1340. The van der Waals surface area contributed by atoms with Gasteiger partial charge in [-0.3, -0.25) is 21.7 Å². The maximum atomic E-state index is 13.4.